The second-order valence-corrected chi connectivity index (χ2v) is 11.4. The van der Waals surface area contributed by atoms with Gasteiger partial charge in [0.15, 0.2) is 11.5 Å². The van der Waals surface area contributed by atoms with E-state index in [1.807, 2.05) is 35.8 Å². The number of halogens is 1. The molecule has 228 valence electrons. The fraction of sp³-hybridized carbons (Fsp3) is 0.200. The van der Waals surface area contributed by atoms with E-state index < -0.39 is 0 Å². The van der Waals surface area contributed by atoms with Crippen molar-refractivity contribution in [3.05, 3.63) is 108 Å². The fourth-order valence-electron chi connectivity index (χ4n) is 5.98. The van der Waals surface area contributed by atoms with Gasteiger partial charge in [0.25, 0.3) is 0 Å². The van der Waals surface area contributed by atoms with E-state index in [-0.39, 0.29) is 11.6 Å². The Morgan fingerprint density at radius 1 is 0.957 bits per heavy atom. The summed E-state index contributed by atoms with van der Waals surface area (Å²) in [6.07, 6.45) is 5.22. The number of fused-ring (bicyclic) bond motifs is 1. The van der Waals surface area contributed by atoms with E-state index in [0.29, 0.717) is 34.7 Å². The Labute approximate surface area is 265 Å². The first-order chi connectivity index (χ1) is 22.4. The minimum atomic E-state index is -0.291. The van der Waals surface area contributed by atoms with Crippen molar-refractivity contribution in [2.45, 2.75) is 32.4 Å². The molecule has 0 atom stereocenters. The SMILES string of the molecule is Cc1cc2nc(-c3cccnc3N)n(-c3ccc(CN4CCC(Nc5ccnc(C#N)n5)CC4)cc3)c2nc1-c1ccc(F)cc1. The van der Waals surface area contributed by atoms with E-state index in [2.05, 4.69) is 49.4 Å². The third-order valence-electron chi connectivity index (χ3n) is 8.32. The minimum absolute atomic E-state index is 0.171. The molecule has 11 heteroatoms. The number of imidazole rings is 1. The third kappa shape index (κ3) is 5.86. The summed E-state index contributed by atoms with van der Waals surface area (Å²) in [6.45, 7) is 4.71. The number of anilines is 2. The molecule has 1 aliphatic rings. The second-order valence-electron chi connectivity index (χ2n) is 11.4. The maximum absolute atomic E-state index is 13.7. The highest BCUT2D eigenvalue weighted by atomic mass is 19.1. The maximum Gasteiger partial charge on any atom is 0.234 e. The highest BCUT2D eigenvalue weighted by Crippen LogP contribution is 2.33. The van der Waals surface area contributed by atoms with Gasteiger partial charge in [-0.1, -0.05) is 12.1 Å². The molecule has 0 bridgehead atoms. The number of hydrogen-bond donors (Lipinski definition) is 2. The van der Waals surface area contributed by atoms with Crippen LogP contribution in [0.5, 0.6) is 0 Å². The van der Waals surface area contributed by atoms with Crippen LogP contribution in [0, 0.1) is 24.1 Å². The van der Waals surface area contributed by atoms with E-state index in [9.17, 15) is 4.39 Å². The van der Waals surface area contributed by atoms with Gasteiger partial charge in [0.05, 0.1) is 11.3 Å². The molecule has 0 aliphatic carbocycles. The minimum Gasteiger partial charge on any atom is -0.383 e. The number of pyridine rings is 2. The molecule has 5 heterocycles. The van der Waals surface area contributed by atoms with Crippen LogP contribution in [0.25, 0.3) is 39.5 Å². The first-order valence-corrected chi connectivity index (χ1v) is 15.1. The zero-order valence-electron chi connectivity index (χ0n) is 25.2. The zero-order chi connectivity index (χ0) is 31.6. The molecule has 1 aliphatic heterocycles. The number of aryl methyl sites for hydroxylation is 1. The number of nitrogens with zero attached hydrogens (tertiary/aromatic N) is 8. The van der Waals surface area contributed by atoms with Crippen LogP contribution in [0.2, 0.25) is 0 Å². The maximum atomic E-state index is 13.7. The smallest absolute Gasteiger partial charge is 0.234 e. The van der Waals surface area contributed by atoms with E-state index in [1.54, 1.807) is 30.6 Å². The number of nitriles is 1. The summed E-state index contributed by atoms with van der Waals surface area (Å²) in [6, 6.07) is 24.7. The van der Waals surface area contributed by atoms with Crippen LogP contribution in [0.4, 0.5) is 16.0 Å². The quantitative estimate of drug-likeness (QED) is 0.226. The molecule has 1 fully saturated rings. The molecule has 7 rings (SSSR count). The van der Waals surface area contributed by atoms with Crippen LogP contribution < -0.4 is 11.1 Å². The predicted octanol–water partition coefficient (Wildman–Crippen LogP) is 5.92. The van der Waals surface area contributed by atoms with Gasteiger partial charge in [-0.05, 0) is 91.6 Å². The first-order valence-electron chi connectivity index (χ1n) is 15.1. The molecular weight excluding hydrogens is 579 g/mol. The summed E-state index contributed by atoms with van der Waals surface area (Å²) in [7, 11) is 0. The van der Waals surface area contributed by atoms with Crippen LogP contribution in [0.15, 0.2) is 85.2 Å². The lowest BCUT2D eigenvalue weighted by atomic mass is 10.0. The molecule has 0 amide bonds. The molecule has 1 saturated heterocycles. The topological polar surface area (TPSA) is 134 Å². The lowest BCUT2D eigenvalue weighted by Gasteiger charge is -2.32. The van der Waals surface area contributed by atoms with Gasteiger partial charge in [0, 0.05) is 49.3 Å². The van der Waals surface area contributed by atoms with E-state index in [4.69, 9.17) is 21.0 Å². The molecule has 4 aromatic heterocycles. The van der Waals surface area contributed by atoms with Gasteiger partial charge in [0.1, 0.15) is 29.0 Å². The number of piperidine rings is 1. The summed E-state index contributed by atoms with van der Waals surface area (Å²) in [5.41, 5.74) is 13.1. The summed E-state index contributed by atoms with van der Waals surface area (Å²) in [4.78, 5) is 25.0. The average Bonchev–Trinajstić information content (AvgIpc) is 3.44. The normalized spacial score (nSPS) is 13.9. The summed E-state index contributed by atoms with van der Waals surface area (Å²) >= 11 is 0. The molecule has 3 N–H and O–H groups in total. The number of hydrogen-bond acceptors (Lipinski definition) is 9. The van der Waals surface area contributed by atoms with Crippen molar-refractivity contribution in [1.82, 2.24) is 34.4 Å². The number of likely N-dealkylation sites (tertiary alicyclic amines) is 1. The van der Waals surface area contributed by atoms with Crippen LogP contribution in [-0.4, -0.2) is 53.5 Å². The Bertz CT molecular complexity index is 2060. The van der Waals surface area contributed by atoms with Gasteiger partial charge in [-0.25, -0.2) is 29.3 Å². The summed E-state index contributed by atoms with van der Waals surface area (Å²) in [5.74, 6) is 1.60. The number of rotatable bonds is 7. The van der Waals surface area contributed by atoms with Gasteiger partial charge < -0.3 is 11.1 Å². The van der Waals surface area contributed by atoms with E-state index in [1.165, 1.54) is 17.7 Å². The van der Waals surface area contributed by atoms with Crippen LogP contribution in [0.1, 0.15) is 29.8 Å². The van der Waals surface area contributed by atoms with Gasteiger partial charge >= 0.3 is 0 Å². The van der Waals surface area contributed by atoms with E-state index in [0.717, 1.165) is 60.5 Å². The molecule has 0 spiro atoms. The van der Waals surface area contributed by atoms with Crippen molar-refractivity contribution < 1.29 is 4.39 Å². The van der Waals surface area contributed by atoms with Crippen molar-refractivity contribution in [3.63, 3.8) is 0 Å². The fourth-order valence-corrected chi connectivity index (χ4v) is 5.98. The van der Waals surface area contributed by atoms with Crippen molar-refractivity contribution in [3.8, 4) is 34.4 Å². The number of nitrogen functional groups attached to an aromatic ring is 1. The van der Waals surface area contributed by atoms with Crippen LogP contribution >= 0.6 is 0 Å². The van der Waals surface area contributed by atoms with Gasteiger partial charge in [0.2, 0.25) is 5.82 Å². The first kappa shape index (κ1) is 29.0. The average molecular weight is 611 g/mol. The lowest BCUT2D eigenvalue weighted by molar-refractivity contribution is 0.211. The van der Waals surface area contributed by atoms with Crippen molar-refractivity contribution >= 4 is 22.8 Å². The third-order valence-corrected chi connectivity index (χ3v) is 8.32. The number of nitrogens with two attached hydrogens (primary N) is 1. The molecule has 46 heavy (non-hydrogen) atoms. The lowest BCUT2D eigenvalue weighted by Crippen LogP contribution is -2.38. The molecule has 2 aromatic carbocycles. The summed E-state index contributed by atoms with van der Waals surface area (Å²) in [5, 5.41) is 12.5. The summed E-state index contributed by atoms with van der Waals surface area (Å²) < 4.78 is 15.7. The van der Waals surface area contributed by atoms with Crippen molar-refractivity contribution in [1.29, 1.82) is 5.26 Å². The number of benzene rings is 2. The molecule has 0 radical (unpaired) electrons. The Morgan fingerprint density at radius 2 is 1.74 bits per heavy atom. The molecular formula is C35H31FN10. The standard InChI is InChI=1S/C35H31FN10/c1-22-19-29-35(44-32(22)24-6-8-25(36)9-7-24)46(34(42-29)28-3-2-15-40-33(28)38)27-10-4-23(5-11-27)21-45-17-13-26(14-18-45)41-30-12-16-39-31(20-37)43-30/h2-12,15-16,19,26H,13-14,17-18,21H2,1H3,(H2,38,40)(H,39,41,43). The zero-order valence-corrected chi connectivity index (χ0v) is 25.2. The molecule has 6 aromatic rings. The Morgan fingerprint density at radius 3 is 2.48 bits per heavy atom. The van der Waals surface area contributed by atoms with Gasteiger partial charge in [-0.15, -0.1) is 0 Å². The van der Waals surface area contributed by atoms with Crippen molar-refractivity contribution in [2.75, 3.05) is 24.1 Å². The van der Waals surface area contributed by atoms with Crippen molar-refractivity contribution in [2.24, 2.45) is 0 Å². The van der Waals surface area contributed by atoms with E-state index >= 15 is 0 Å². The predicted molar refractivity (Wildman–Crippen MR) is 175 cm³/mol. The van der Waals surface area contributed by atoms with Crippen LogP contribution in [0.3, 0.4) is 0 Å². The molecule has 0 unspecified atom stereocenters. The highest BCUT2D eigenvalue weighted by Gasteiger charge is 2.22. The largest absolute Gasteiger partial charge is 0.383 e. The highest BCUT2D eigenvalue weighted by molar-refractivity contribution is 5.85. The molecule has 10 nitrogen and oxygen atoms in total. The van der Waals surface area contributed by atoms with Crippen LogP contribution in [-0.2, 0) is 6.54 Å². The van der Waals surface area contributed by atoms with Gasteiger partial charge in [-0.3, -0.25) is 9.47 Å². The Kier molecular flexibility index (Phi) is 7.78. The monoisotopic (exact) mass is 610 g/mol. The molecule has 0 saturated carbocycles. The van der Waals surface area contributed by atoms with Gasteiger partial charge in [-0.2, -0.15) is 5.26 Å². The number of aromatic nitrogens is 6. The Hall–Kier alpha value is -5.73. The second kappa shape index (κ2) is 12.3. The number of nitrogens with one attached hydrogen (secondary N) is 1. The Balaban J connectivity index is 1.15.